The molecule has 0 spiro atoms. The first-order valence-electron chi connectivity index (χ1n) is 7.44. The minimum Gasteiger partial charge on any atom is -0.383 e. The van der Waals surface area contributed by atoms with Gasteiger partial charge in [-0.15, -0.1) is 0 Å². The van der Waals surface area contributed by atoms with Gasteiger partial charge in [-0.05, 0) is 44.4 Å². The van der Waals surface area contributed by atoms with Gasteiger partial charge in [-0.2, -0.15) is 0 Å². The maximum atomic E-state index is 5.13. The normalized spacial score (nSPS) is 13.0. The van der Waals surface area contributed by atoms with Crippen LogP contribution in [0.1, 0.15) is 25.8 Å². The maximum Gasteiger partial charge on any atom is 0.191 e. The second-order valence-electron chi connectivity index (χ2n) is 4.99. The first-order chi connectivity index (χ1) is 10.2. The smallest absolute Gasteiger partial charge is 0.191 e. The fourth-order valence-corrected chi connectivity index (χ4v) is 2.46. The van der Waals surface area contributed by atoms with E-state index >= 15 is 0 Å². The lowest BCUT2D eigenvalue weighted by Gasteiger charge is -2.16. The van der Waals surface area contributed by atoms with Crippen LogP contribution in [0.25, 0.3) is 0 Å². The topological polar surface area (TPSA) is 45.7 Å². The van der Waals surface area contributed by atoms with Crippen LogP contribution in [0.15, 0.2) is 33.7 Å². The first-order valence-corrected chi connectivity index (χ1v) is 8.23. The van der Waals surface area contributed by atoms with E-state index in [1.807, 2.05) is 6.07 Å². The van der Waals surface area contributed by atoms with Gasteiger partial charge in [0.05, 0.1) is 6.61 Å². The van der Waals surface area contributed by atoms with Gasteiger partial charge in [-0.25, -0.2) is 0 Å². The van der Waals surface area contributed by atoms with Crippen LogP contribution < -0.4 is 10.6 Å². The summed E-state index contributed by atoms with van der Waals surface area (Å²) in [5.74, 6) is 0.858. The summed E-state index contributed by atoms with van der Waals surface area (Å²) in [6.45, 7) is 6.48. The molecule has 1 atom stereocenters. The summed E-state index contributed by atoms with van der Waals surface area (Å²) < 4.78 is 6.26. The number of hydrogen-bond acceptors (Lipinski definition) is 2. The number of aliphatic imine (C=N–C) groups is 1. The highest BCUT2D eigenvalue weighted by atomic mass is 79.9. The molecule has 5 heteroatoms. The lowest BCUT2D eigenvalue weighted by Crippen LogP contribution is -2.44. The predicted octanol–water partition coefficient (Wildman–Crippen LogP) is 2.97. The van der Waals surface area contributed by atoms with Gasteiger partial charge in [0.15, 0.2) is 5.96 Å². The Balaban J connectivity index is 2.39. The Labute approximate surface area is 136 Å². The van der Waals surface area contributed by atoms with Gasteiger partial charge in [0.2, 0.25) is 0 Å². The molecule has 0 aliphatic heterocycles. The fraction of sp³-hybridized carbons (Fsp3) is 0.562. The highest BCUT2D eigenvalue weighted by Gasteiger charge is 2.03. The van der Waals surface area contributed by atoms with E-state index in [1.165, 1.54) is 5.56 Å². The highest BCUT2D eigenvalue weighted by Crippen LogP contribution is 2.12. The summed E-state index contributed by atoms with van der Waals surface area (Å²) >= 11 is 3.50. The van der Waals surface area contributed by atoms with E-state index in [-0.39, 0.29) is 6.04 Å². The van der Waals surface area contributed by atoms with Crippen LogP contribution in [0.2, 0.25) is 0 Å². The number of ether oxygens (including phenoxy) is 1. The van der Waals surface area contributed by atoms with Crippen LogP contribution in [-0.2, 0) is 11.2 Å². The van der Waals surface area contributed by atoms with E-state index in [2.05, 4.69) is 63.6 Å². The molecule has 21 heavy (non-hydrogen) atoms. The molecule has 0 aromatic heterocycles. The zero-order valence-electron chi connectivity index (χ0n) is 13.2. The second kappa shape index (κ2) is 10.6. The summed E-state index contributed by atoms with van der Waals surface area (Å²) in [5.41, 5.74) is 1.34. The molecule has 118 valence electrons. The monoisotopic (exact) mass is 355 g/mol. The Bertz CT molecular complexity index is 437. The molecular weight excluding hydrogens is 330 g/mol. The molecule has 0 saturated carbocycles. The zero-order chi connectivity index (χ0) is 15.5. The minimum atomic E-state index is 0.248. The summed E-state index contributed by atoms with van der Waals surface area (Å²) in [5, 5.41) is 6.59. The molecule has 0 saturated heterocycles. The molecule has 1 aromatic carbocycles. The van der Waals surface area contributed by atoms with Crippen molar-refractivity contribution in [1.29, 1.82) is 0 Å². The van der Waals surface area contributed by atoms with Crippen LogP contribution >= 0.6 is 15.9 Å². The average molecular weight is 356 g/mol. The van der Waals surface area contributed by atoms with Crippen molar-refractivity contribution >= 4 is 21.9 Å². The van der Waals surface area contributed by atoms with Gasteiger partial charge >= 0.3 is 0 Å². The molecule has 0 aliphatic rings. The van der Waals surface area contributed by atoms with Gasteiger partial charge in [0, 0.05) is 30.7 Å². The van der Waals surface area contributed by atoms with Gasteiger partial charge in [0.1, 0.15) is 0 Å². The zero-order valence-corrected chi connectivity index (χ0v) is 14.7. The third kappa shape index (κ3) is 8.07. The van der Waals surface area contributed by atoms with Gasteiger partial charge in [-0.1, -0.05) is 28.1 Å². The number of benzene rings is 1. The number of halogens is 1. The lowest BCUT2D eigenvalue weighted by atomic mass is 10.1. The van der Waals surface area contributed by atoms with E-state index < -0.39 is 0 Å². The Kier molecular flexibility index (Phi) is 9.10. The minimum absolute atomic E-state index is 0.248. The summed E-state index contributed by atoms with van der Waals surface area (Å²) in [7, 11) is 1.71. The quantitative estimate of drug-likeness (QED) is 0.428. The third-order valence-corrected chi connectivity index (χ3v) is 3.42. The second-order valence-corrected chi connectivity index (χ2v) is 5.91. The van der Waals surface area contributed by atoms with Crippen molar-refractivity contribution in [2.24, 2.45) is 4.99 Å². The van der Waals surface area contributed by atoms with Crippen molar-refractivity contribution in [3.05, 3.63) is 34.3 Å². The summed E-state index contributed by atoms with van der Waals surface area (Å²) in [4.78, 5) is 4.60. The molecule has 0 heterocycles. The van der Waals surface area contributed by atoms with Crippen molar-refractivity contribution in [1.82, 2.24) is 10.6 Å². The first kappa shape index (κ1) is 18.0. The van der Waals surface area contributed by atoms with E-state index in [0.29, 0.717) is 6.61 Å². The molecule has 0 amide bonds. The molecule has 0 bridgehead atoms. The van der Waals surface area contributed by atoms with Crippen LogP contribution in [0.4, 0.5) is 0 Å². The molecule has 0 fully saturated rings. The van der Waals surface area contributed by atoms with E-state index in [4.69, 9.17) is 4.74 Å². The molecular formula is C16H26BrN3O. The SMILES string of the molecule is CCNC(=NCCCc1cccc(Br)c1)NC(C)COC. The molecule has 4 nitrogen and oxygen atoms in total. The van der Waals surface area contributed by atoms with Crippen molar-refractivity contribution < 1.29 is 4.74 Å². The van der Waals surface area contributed by atoms with E-state index in [1.54, 1.807) is 7.11 Å². The number of methoxy groups -OCH3 is 1. The largest absolute Gasteiger partial charge is 0.383 e. The van der Waals surface area contributed by atoms with Crippen LogP contribution in [0, 0.1) is 0 Å². The Morgan fingerprint density at radius 1 is 1.43 bits per heavy atom. The van der Waals surface area contributed by atoms with Crippen LogP contribution in [-0.4, -0.2) is 38.8 Å². The van der Waals surface area contributed by atoms with Crippen molar-refractivity contribution in [3.8, 4) is 0 Å². The standard InChI is InChI=1S/C16H26BrN3O/c1-4-18-16(20-13(2)12-21-3)19-10-6-8-14-7-5-9-15(17)11-14/h5,7,9,11,13H,4,6,8,10,12H2,1-3H3,(H2,18,19,20). The third-order valence-electron chi connectivity index (χ3n) is 2.93. The molecule has 0 radical (unpaired) electrons. The highest BCUT2D eigenvalue weighted by molar-refractivity contribution is 9.10. The van der Waals surface area contributed by atoms with Crippen LogP contribution in [0.3, 0.4) is 0 Å². The Hall–Kier alpha value is -1.07. The fourth-order valence-electron chi connectivity index (χ4n) is 2.01. The summed E-state index contributed by atoms with van der Waals surface area (Å²) in [6, 6.07) is 8.68. The average Bonchev–Trinajstić information content (AvgIpc) is 2.44. The van der Waals surface area contributed by atoms with Crippen molar-refractivity contribution in [2.45, 2.75) is 32.7 Å². The van der Waals surface area contributed by atoms with Gasteiger partial charge in [-0.3, -0.25) is 4.99 Å². The molecule has 0 aliphatic carbocycles. The van der Waals surface area contributed by atoms with E-state index in [9.17, 15) is 0 Å². The number of guanidine groups is 1. The van der Waals surface area contributed by atoms with Crippen molar-refractivity contribution in [2.75, 3.05) is 26.8 Å². The number of nitrogens with one attached hydrogen (secondary N) is 2. The predicted molar refractivity (Wildman–Crippen MR) is 92.9 cm³/mol. The Morgan fingerprint density at radius 2 is 2.24 bits per heavy atom. The molecule has 1 aromatic rings. The van der Waals surface area contributed by atoms with Gasteiger partial charge < -0.3 is 15.4 Å². The molecule has 1 rings (SSSR count). The lowest BCUT2D eigenvalue weighted by molar-refractivity contribution is 0.179. The van der Waals surface area contributed by atoms with Gasteiger partial charge in [0.25, 0.3) is 0 Å². The number of hydrogen-bond donors (Lipinski definition) is 2. The Morgan fingerprint density at radius 3 is 2.90 bits per heavy atom. The van der Waals surface area contributed by atoms with E-state index in [0.717, 1.165) is 36.4 Å². The number of rotatable bonds is 8. The number of nitrogens with zero attached hydrogens (tertiary/aromatic N) is 1. The maximum absolute atomic E-state index is 5.13. The van der Waals surface area contributed by atoms with Crippen LogP contribution in [0.5, 0.6) is 0 Å². The summed E-state index contributed by atoms with van der Waals surface area (Å²) in [6.07, 6.45) is 2.07. The number of aryl methyl sites for hydroxylation is 1. The molecule has 2 N–H and O–H groups in total. The van der Waals surface area contributed by atoms with Crippen molar-refractivity contribution in [3.63, 3.8) is 0 Å². The molecule has 1 unspecified atom stereocenters.